The molecule has 0 fully saturated rings. The summed E-state index contributed by atoms with van der Waals surface area (Å²) in [5, 5.41) is 4.11. The summed E-state index contributed by atoms with van der Waals surface area (Å²) in [7, 11) is 0. The van der Waals surface area contributed by atoms with Crippen molar-refractivity contribution in [3.63, 3.8) is 0 Å². The van der Waals surface area contributed by atoms with Gasteiger partial charge < -0.3 is 11.1 Å². The average molecular weight is 317 g/mol. The van der Waals surface area contributed by atoms with Gasteiger partial charge in [-0.3, -0.25) is 4.79 Å². The fourth-order valence-corrected chi connectivity index (χ4v) is 2.93. The molecular weight excluding hydrogens is 295 g/mol. The molecule has 0 saturated heterocycles. The lowest BCUT2D eigenvalue weighted by atomic mass is 9.95. The van der Waals surface area contributed by atoms with Gasteiger partial charge in [-0.2, -0.15) is 0 Å². The van der Waals surface area contributed by atoms with Gasteiger partial charge in [0.25, 0.3) is 0 Å². The molecule has 3 N–H and O–H groups in total. The Bertz CT molecular complexity index is 455. The number of nitrogens with one attached hydrogen (secondary N) is 1. The van der Waals surface area contributed by atoms with Crippen LogP contribution in [0.15, 0.2) is 18.2 Å². The van der Waals surface area contributed by atoms with E-state index in [1.54, 1.807) is 25.1 Å². The van der Waals surface area contributed by atoms with E-state index in [4.69, 9.17) is 28.9 Å². The Labute approximate surface area is 130 Å². The van der Waals surface area contributed by atoms with Gasteiger partial charge in [-0.05, 0) is 31.0 Å². The zero-order valence-electron chi connectivity index (χ0n) is 12.2. The first-order valence-corrected chi connectivity index (χ1v) is 7.56. The van der Waals surface area contributed by atoms with E-state index in [2.05, 4.69) is 5.32 Å². The number of hydrogen-bond acceptors (Lipinski definition) is 2. The van der Waals surface area contributed by atoms with Crippen LogP contribution in [-0.4, -0.2) is 18.0 Å². The molecule has 0 radical (unpaired) electrons. The molecule has 112 valence electrons. The molecule has 0 aromatic heterocycles. The highest BCUT2D eigenvalue weighted by molar-refractivity contribution is 6.36. The summed E-state index contributed by atoms with van der Waals surface area (Å²) in [4.78, 5) is 12.1. The summed E-state index contributed by atoms with van der Waals surface area (Å²) >= 11 is 12.3. The van der Waals surface area contributed by atoms with E-state index >= 15 is 0 Å². The van der Waals surface area contributed by atoms with Gasteiger partial charge in [0.05, 0.1) is 5.54 Å². The molecule has 20 heavy (non-hydrogen) atoms. The van der Waals surface area contributed by atoms with Crippen LogP contribution >= 0.6 is 23.2 Å². The molecule has 0 aliphatic carbocycles. The lowest BCUT2D eigenvalue weighted by Crippen LogP contribution is -2.52. The second-order valence-electron chi connectivity index (χ2n) is 5.41. The van der Waals surface area contributed by atoms with E-state index in [-0.39, 0.29) is 11.8 Å². The standard InChI is InChI=1S/C15H22Cl2N2O/c1-4-8-15(3,18)14(20)19-9-10(2)13-11(16)6-5-7-12(13)17/h5-7,10H,4,8-9,18H2,1-3H3,(H,19,20). The molecule has 0 aliphatic rings. The number of benzene rings is 1. The van der Waals surface area contributed by atoms with Crippen LogP contribution in [0.1, 0.15) is 45.1 Å². The number of rotatable bonds is 6. The number of carbonyl (C=O) groups is 1. The van der Waals surface area contributed by atoms with Crippen molar-refractivity contribution in [2.75, 3.05) is 6.54 Å². The van der Waals surface area contributed by atoms with E-state index in [0.29, 0.717) is 23.0 Å². The van der Waals surface area contributed by atoms with Crippen LogP contribution in [0.2, 0.25) is 10.0 Å². The number of halogens is 2. The number of nitrogens with two attached hydrogens (primary N) is 1. The van der Waals surface area contributed by atoms with E-state index in [0.717, 1.165) is 12.0 Å². The molecule has 0 aliphatic heterocycles. The van der Waals surface area contributed by atoms with Crippen molar-refractivity contribution in [1.82, 2.24) is 5.32 Å². The van der Waals surface area contributed by atoms with E-state index in [1.165, 1.54) is 0 Å². The molecular formula is C15H22Cl2N2O. The zero-order chi connectivity index (χ0) is 15.3. The lowest BCUT2D eigenvalue weighted by Gasteiger charge is -2.24. The predicted molar refractivity (Wildman–Crippen MR) is 85.4 cm³/mol. The normalized spacial score (nSPS) is 15.5. The maximum Gasteiger partial charge on any atom is 0.239 e. The first-order valence-electron chi connectivity index (χ1n) is 6.80. The average Bonchev–Trinajstić information content (AvgIpc) is 2.35. The first kappa shape index (κ1) is 17.3. The van der Waals surface area contributed by atoms with Crippen LogP contribution < -0.4 is 11.1 Å². The van der Waals surface area contributed by atoms with Gasteiger partial charge in [0.15, 0.2) is 0 Å². The fraction of sp³-hybridized carbons (Fsp3) is 0.533. The molecule has 2 unspecified atom stereocenters. The Morgan fingerprint density at radius 3 is 2.45 bits per heavy atom. The highest BCUT2D eigenvalue weighted by Crippen LogP contribution is 2.31. The van der Waals surface area contributed by atoms with E-state index < -0.39 is 5.54 Å². The third-order valence-electron chi connectivity index (χ3n) is 3.35. The number of carbonyl (C=O) groups excluding carboxylic acids is 1. The molecule has 0 spiro atoms. The van der Waals surface area contributed by atoms with Crippen molar-refractivity contribution in [3.8, 4) is 0 Å². The maximum absolute atomic E-state index is 12.1. The van der Waals surface area contributed by atoms with Gasteiger partial charge in [-0.25, -0.2) is 0 Å². The van der Waals surface area contributed by atoms with Crippen molar-refractivity contribution in [3.05, 3.63) is 33.8 Å². The van der Waals surface area contributed by atoms with Crippen LogP contribution in [0.25, 0.3) is 0 Å². The number of hydrogen-bond donors (Lipinski definition) is 2. The summed E-state index contributed by atoms with van der Waals surface area (Å²) in [6.45, 7) is 6.18. The second kappa shape index (κ2) is 7.30. The molecule has 0 heterocycles. The fourth-order valence-electron chi connectivity index (χ4n) is 2.16. The molecule has 1 aromatic carbocycles. The summed E-state index contributed by atoms with van der Waals surface area (Å²) in [5.41, 5.74) is 6.01. The Morgan fingerprint density at radius 2 is 1.95 bits per heavy atom. The summed E-state index contributed by atoms with van der Waals surface area (Å²) < 4.78 is 0. The van der Waals surface area contributed by atoms with E-state index in [1.807, 2.05) is 13.8 Å². The van der Waals surface area contributed by atoms with E-state index in [9.17, 15) is 4.79 Å². The summed E-state index contributed by atoms with van der Waals surface area (Å²) in [5.74, 6) is -0.119. The second-order valence-corrected chi connectivity index (χ2v) is 6.23. The highest BCUT2D eigenvalue weighted by atomic mass is 35.5. The molecule has 0 saturated carbocycles. The Hall–Kier alpha value is -0.770. The van der Waals surface area contributed by atoms with Gasteiger partial charge in [-0.1, -0.05) is 49.5 Å². The predicted octanol–water partition coefficient (Wildman–Crippen LogP) is 3.73. The van der Waals surface area contributed by atoms with Crippen molar-refractivity contribution >= 4 is 29.1 Å². The Kier molecular flexibility index (Phi) is 6.31. The molecule has 1 rings (SSSR count). The van der Waals surface area contributed by atoms with Gasteiger partial charge >= 0.3 is 0 Å². The zero-order valence-corrected chi connectivity index (χ0v) is 13.7. The molecule has 2 atom stereocenters. The van der Waals surface area contributed by atoms with Gasteiger partial charge in [0.1, 0.15) is 0 Å². The van der Waals surface area contributed by atoms with Crippen molar-refractivity contribution < 1.29 is 4.79 Å². The minimum absolute atomic E-state index is 0.0255. The van der Waals surface area contributed by atoms with Crippen LogP contribution in [0, 0.1) is 0 Å². The van der Waals surface area contributed by atoms with Gasteiger partial charge in [0.2, 0.25) is 5.91 Å². The number of amides is 1. The van der Waals surface area contributed by atoms with Gasteiger partial charge in [0, 0.05) is 22.5 Å². The van der Waals surface area contributed by atoms with Crippen LogP contribution in [-0.2, 0) is 4.79 Å². The molecule has 3 nitrogen and oxygen atoms in total. The monoisotopic (exact) mass is 316 g/mol. The third-order valence-corrected chi connectivity index (χ3v) is 4.01. The van der Waals surface area contributed by atoms with Crippen molar-refractivity contribution in [1.29, 1.82) is 0 Å². The van der Waals surface area contributed by atoms with Crippen LogP contribution in [0.4, 0.5) is 0 Å². The lowest BCUT2D eigenvalue weighted by molar-refractivity contribution is -0.126. The summed E-state index contributed by atoms with van der Waals surface area (Å²) in [6.07, 6.45) is 1.52. The van der Waals surface area contributed by atoms with Crippen molar-refractivity contribution in [2.24, 2.45) is 5.73 Å². The molecule has 5 heteroatoms. The quantitative estimate of drug-likeness (QED) is 0.840. The topological polar surface area (TPSA) is 55.1 Å². The highest BCUT2D eigenvalue weighted by Gasteiger charge is 2.27. The van der Waals surface area contributed by atoms with Crippen molar-refractivity contribution in [2.45, 2.75) is 45.1 Å². The SMILES string of the molecule is CCCC(C)(N)C(=O)NCC(C)c1c(Cl)cccc1Cl. The minimum atomic E-state index is -0.835. The largest absolute Gasteiger partial charge is 0.354 e. The minimum Gasteiger partial charge on any atom is -0.354 e. The maximum atomic E-state index is 12.1. The third kappa shape index (κ3) is 4.37. The van der Waals surface area contributed by atoms with Crippen LogP contribution in [0.5, 0.6) is 0 Å². The molecule has 1 amide bonds. The van der Waals surface area contributed by atoms with Crippen LogP contribution in [0.3, 0.4) is 0 Å². The smallest absolute Gasteiger partial charge is 0.239 e. The Morgan fingerprint density at radius 1 is 1.40 bits per heavy atom. The Balaban J connectivity index is 2.68. The summed E-state index contributed by atoms with van der Waals surface area (Å²) in [6, 6.07) is 5.40. The molecule has 1 aromatic rings. The van der Waals surface area contributed by atoms with Gasteiger partial charge in [-0.15, -0.1) is 0 Å². The molecule has 0 bridgehead atoms. The first-order chi connectivity index (χ1) is 9.29.